The Kier molecular flexibility index (Phi) is 4.77. The van der Waals surface area contributed by atoms with Gasteiger partial charge in [0, 0.05) is 18.6 Å². The van der Waals surface area contributed by atoms with Gasteiger partial charge in [0.15, 0.2) is 11.9 Å². The zero-order valence-corrected chi connectivity index (χ0v) is 13.6. The number of pyridine rings is 1. The minimum atomic E-state index is -4.53. The van der Waals surface area contributed by atoms with Crippen molar-refractivity contribution in [3.63, 3.8) is 0 Å². The number of anilines is 1. The first-order chi connectivity index (χ1) is 10.8. The van der Waals surface area contributed by atoms with Gasteiger partial charge in [-0.15, -0.1) is 12.4 Å². The summed E-state index contributed by atoms with van der Waals surface area (Å²) in [6, 6.07) is 1.78. The minimum Gasteiger partial charge on any atom is -0.367 e. The first kappa shape index (κ1) is 18.1. The van der Waals surface area contributed by atoms with Crippen molar-refractivity contribution in [2.24, 2.45) is 0 Å². The predicted molar refractivity (Wildman–Crippen MR) is 84.1 cm³/mol. The third-order valence-electron chi connectivity index (χ3n) is 3.64. The van der Waals surface area contributed by atoms with Gasteiger partial charge < -0.3 is 9.67 Å². The predicted octanol–water partition coefficient (Wildman–Crippen LogP) is 2.48. The Balaban J connectivity index is 0.00000208. The number of aromatic nitrogens is 3. The molecule has 10 heteroatoms. The first-order valence-electron chi connectivity index (χ1n) is 6.75. The van der Waals surface area contributed by atoms with Crippen LogP contribution in [0.2, 0.25) is 0 Å². The molecular weight excluding hydrogens is 347 g/mol. The second kappa shape index (κ2) is 6.33. The van der Waals surface area contributed by atoms with E-state index in [0.717, 1.165) is 28.2 Å². The Labute approximate surface area is 142 Å². The summed E-state index contributed by atoms with van der Waals surface area (Å²) in [5, 5.41) is 11.7. The van der Waals surface area contributed by atoms with Crippen LogP contribution in [0, 0.1) is 13.8 Å². The van der Waals surface area contributed by atoms with Crippen LogP contribution in [-0.2, 0) is 6.18 Å². The van der Waals surface area contributed by atoms with Crippen molar-refractivity contribution in [1.29, 1.82) is 0 Å². The largest absolute Gasteiger partial charge is 0.434 e. The lowest BCUT2D eigenvalue weighted by molar-refractivity contribution is -0.140. The zero-order valence-electron chi connectivity index (χ0n) is 12.7. The molecule has 3 heterocycles. The lowest BCUT2D eigenvalue weighted by atomic mass is 10.2. The van der Waals surface area contributed by atoms with E-state index in [1.54, 1.807) is 12.3 Å². The summed E-state index contributed by atoms with van der Waals surface area (Å²) < 4.78 is 39.0. The topological polar surface area (TPSA) is 66.2 Å². The van der Waals surface area contributed by atoms with Gasteiger partial charge in [0.25, 0.3) is 0 Å². The normalized spacial score (nSPS) is 17.3. The van der Waals surface area contributed by atoms with Crippen LogP contribution in [0.1, 0.15) is 16.8 Å². The smallest absolute Gasteiger partial charge is 0.367 e. The number of imidazole rings is 1. The fraction of sp³-hybridized carbons (Fsp3) is 0.286. The summed E-state index contributed by atoms with van der Waals surface area (Å²) in [6.07, 6.45) is -0.817. The molecule has 0 spiro atoms. The van der Waals surface area contributed by atoms with Gasteiger partial charge in [0.2, 0.25) is 0 Å². The highest BCUT2D eigenvalue weighted by Crippen LogP contribution is 2.30. The van der Waals surface area contributed by atoms with E-state index in [1.165, 1.54) is 11.2 Å². The van der Waals surface area contributed by atoms with Crippen LogP contribution in [0.5, 0.6) is 0 Å². The van der Waals surface area contributed by atoms with E-state index in [0.29, 0.717) is 5.82 Å². The Bertz CT molecular complexity index is 774. The van der Waals surface area contributed by atoms with Crippen LogP contribution in [0.4, 0.5) is 19.0 Å². The Morgan fingerprint density at radius 2 is 1.92 bits per heavy atom. The monoisotopic (exact) mass is 361 g/mol. The molecule has 130 valence electrons. The van der Waals surface area contributed by atoms with Crippen LogP contribution in [0.15, 0.2) is 31.0 Å². The number of aryl methyl sites for hydroxylation is 2. The quantitative estimate of drug-likeness (QED) is 0.860. The summed E-state index contributed by atoms with van der Waals surface area (Å²) in [4.78, 5) is 7.52. The maximum atomic E-state index is 12.6. The molecule has 0 amide bonds. The molecule has 2 aromatic rings. The van der Waals surface area contributed by atoms with Gasteiger partial charge in [-0.3, -0.25) is 5.43 Å². The van der Waals surface area contributed by atoms with Crippen molar-refractivity contribution in [3.05, 3.63) is 47.8 Å². The molecule has 2 N–H and O–H groups in total. The standard InChI is InChI=1S/C14H14F3N5O.ClH/c1-8-3-12(18-4-9(8)2)22-13(23)10(5-20-22)21-6-11(19-7-21)14(15,16)17;/h3-7,13,20,23H,1-2H3;1H. The van der Waals surface area contributed by atoms with Crippen LogP contribution in [0.25, 0.3) is 5.70 Å². The summed E-state index contributed by atoms with van der Waals surface area (Å²) in [5.41, 5.74) is 3.98. The van der Waals surface area contributed by atoms with Crippen molar-refractivity contribution in [2.45, 2.75) is 26.3 Å². The highest BCUT2D eigenvalue weighted by atomic mass is 35.5. The van der Waals surface area contributed by atoms with Crippen LogP contribution in [0.3, 0.4) is 0 Å². The summed E-state index contributed by atoms with van der Waals surface area (Å²) >= 11 is 0. The molecular formula is C14H15ClF3N5O. The number of hydrazine groups is 1. The fourth-order valence-corrected chi connectivity index (χ4v) is 2.16. The molecule has 6 nitrogen and oxygen atoms in total. The molecule has 2 aromatic heterocycles. The van der Waals surface area contributed by atoms with Crippen LogP contribution >= 0.6 is 12.4 Å². The number of rotatable bonds is 2. The molecule has 0 saturated heterocycles. The molecule has 1 aliphatic heterocycles. The lowest BCUT2D eigenvalue weighted by Gasteiger charge is -2.23. The van der Waals surface area contributed by atoms with Crippen molar-refractivity contribution in [2.75, 3.05) is 5.01 Å². The van der Waals surface area contributed by atoms with Gasteiger partial charge in [-0.05, 0) is 31.0 Å². The number of aliphatic hydroxyl groups is 1. The van der Waals surface area contributed by atoms with Crippen LogP contribution in [-0.4, -0.2) is 25.9 Å². The number of nitrogens with one attached hydrogen (secondary N) is 1. The maximum Gasteiger partial charge on any atom is 0.434 e. The zero-order chi connectivity index (χ0) is 16.8. The van der Waals surface area contributed by atoms with E-state index < -0.39 is 18.1 Å². The fourth-order valence-electron chi connectivity index (χ4n) is 2.16. The van der Waals surface area contributed by atoms with Gasteiger partial charge in [-0.25, -0.2) is 15.0 Å². The molecule has 1 atom stereocenters. The number of hydrogen-bond acceptors (Lipinski definition) is 5. The Morgan fingerprint density at radius 3 is 2.50 bits per heavy atom. The average molecular weight is 362 g/mol. The van der Waals surface area contributed by atoms with Gasteiger partial charge in [-0.2, -0.15) is 13.2 Å². The first-order valence-corrected chi connectivity index (χ1v) is 6.75. The van der Waals surface area contributed by atoms with E-state index in [9.17, 15) is 18.3 Å². The van der Waals surface area contributed by atoms with E-state index in [1.807, 2.05) is 13.8 Å². The van der Waals surface area contributed by atoms with Gasteiger partial charge in [0.1, 0.15) is 5.82 Å². The SMILES string of the molecule is Cc1cnc(N2NC=C(n3cnc(C(F)(F)F)c3)C2O)cc1C.Cl. The summed E-state index contributed by atoms with van der Waals surface area (Å²) in [7, 11) is 0. The number of hydrogen-bond donors (Lipinski definition) is 2. The average Bonchev–Trinajstić information content (AvgIpc) is 3.08. The molecule has 1 unspecified atom stereocenters. The maximum absolute atomic E-state index is 12.6. The molecule has 0 fully saturated rings. The van der Waals surface area contributed by atoms with Crippen molar-refractivity contribution >= 4 is 23.9 Å². The van der Waals surface area contributed by atoms with E-state index >= 15 is 0 Å². The molecule has 0 saturated carbocycles. The van der Waals surface area contributed by atoms with Crippen molar-refractivity contribution in [3.8, 4) is 0 Å². The second-order valence-corrected chi connectivity index (χ2v) is 5.23. The van der Waals surface area contributed by atoms with Crippen molar-refractivity contribution < 1.29 is 18.3 Å². The van der Waals surface area contributed by atoms with Gasteiger partial charge in [-0.1, -0.05) is 0 Å². The van der Waals surface area contributed by atoms with E-state index in [4.69, 9.17) is 0 Å². The van der Waals surface area contributed by atoms with E-state index in [2.05, 4.69) is 15.4 Å². The Morgan fingerprint density at radius 1 is 1.21 bits per heavy atom. The number of halogens is 4. The molecule has 0 radical (unpaired) electrons. The number of alkyl halides is 3. The molecule has 3 rings (SSSR count). The molecule has 0 aliphatic carbocycles. The summed E-state index contributed by atoms with van der Waals surface area (Å²) in [6.45, 7) is 3.82. The molecule has 24 heavy (non-hydrogen) atoms. The van der Waals surface area contributed by atoms with Gasteiger partial charge >= 0.3 is 6.18 Å². The highest BCUT2D eigenvalue weighted by Gasteiger charge is 2.35. The van der Waals surface area contributed by atoms with Crippen LogP contribution < -0.4 is 10.4 Å². The van der Waals surface area contributed by atoms with Crippen molar-refractivity contribution in [1.82, 2.24) is 20.0 Å². The van der Waals surface area contributed by atoms with Gasteiger partial charge in [0.05, 0.1) is 12.0 Å². The second-order valence-electron chi connectivity index (χ2n) is 5.23. The minimum absolute atomic E-state index is 0. The summed E-state index contributed by atoms with van der Waals surface area (Å²) in [5.74, 6) is 0.461. The van der Waals surface area contributed by atoms with E-state index in [-0.39, 0.29) is 18.1 Å². The number of aliphatic hydroxyl groups excluding tert-OH is 1. The molecule has 0 aromatic carbocycles. The highest BCUT2D eigenvalue weighted by molar-refractivity contribution is 5.85. The third kappa shape index (κ3) is 3.17. The Hall–Kier alpha value is -2.26. The molecule has 0 bridgehead atoms. The lowest BCUT2D eigenvalue weighted by Crippen LogP contribution is -2.39. The third-order valence-corrected chi connectivity index (χ3v) is 3.64. The number of nitrogens with zero attached hydrogens (tertiary/aromatic N) is 4. The molecule has 1 aliphatic rings.